The molecule has 0 spiro atoms. The second-order valence-electron chi connectivity index (χ2n) is 6.92. The van der Waals surface area contributed by atoms with Gasteiger partial charge in [-0.2, -0.15) is 11.8 Å². The van der Waals surface area contributed by atoms with Gasteiger partial charge in [0.25, 0.3) is 0 Å². The van der Waals surface area contributed by atoms with Crippen molar-refractivity contribution in [2.45, 2.75) is 71.8 Å². The van der Waals surface area contributed by atoms with Crippen LogP contribution in [0.25, 0.3) is 0 Å². The van der Waals surface area contributed by atoms with E-state index in [1.165, 1.54) is 57.2 Å². The lowest BCUT2D eigenvalue weighted by atomic mass is 9.76. The van der Waals surface area contributed by atoms with E-state index in [-0.39, 0.29) is 0 Å². The normalized spacial score (nSPS) is 26.0. The van der Waals surface area contributed by atoms with Crippen LogP contribution in [0.3, 0.4) is 0 Å². The SMILES string of the molecule is CSCCCCNC1CCCC(C(C)(C)C)CC1. The predicted octanol–water partition coefficient (Wildman–Crippen LogP) is 4.71. The highest BCUT2D eigenvalue weighted by atomic mass is 32.2. The molecule has 2 heteroatoms. The Kier molecular flexibility index (Phi) is 7.70. The van der Waals surface area contributed by atoms with Gasteiger partial charge in [0.1, 0.15) is 0 Å². The van der Waals surface area contributed by atoms with Gasteiger partial charge in [0.05, 0.1) is 0 Å². The van der Waals surface area contributed by atoms with Crippen LogP contribution in [-0.2, 0) is 0 Å². The van der Waals surface area contributed by atoms with Crippen LogP contribution in [0, 0.1) is 11.3 Å². The minimum absolute atomic E-state index is 0.507. The molecule has 0 aromatic carbocycles. The van der Waals surface area contributed by atoms with Gasteiger partial charge in [0, 0.05) is 6.04 Å². The number of hydrogen-bond donors (Lipinski definition) is 1. The Balaban J connectivity index is 2.17. The molecular weight excluding hydrogens is 238 g/mol. The first-order valence-electron chi connectivity index (χ1n) is 7.76. The average Bonchev–Trinajstić information content (AvgIpc) is 2.53. The van der Waals surface area contributed by atoms with Gasteiger partial charge >= 0.3 is 0 Å². The summed E-state index contributed by atoms with van der Waals surface area (Å²) in [6.07, 6.45) is 12.0. The molecule has 0 bridgehead atoms. The van der Waals surface area contributed by atoms with Gasteiger partial charge in [-0.05, 0) is 68.4 Å². The quantitative estimate of drug-likeness (QED) is 0.554. The zero-order valence-corrected chi connectivity index (χ0v) is 13.7. The van der Waals surface area contributed by atoms with Gasteiger partial charge in [-0.15, -0.1) is 0 Å². The molecule has 1 rings (SSSR count). The van der Waals surface area contributed by atoms with Crippen LogP contribution in [0.1, 0.15) is 65.7 Å². The average molecular weight is 272 g/mol. The summed E-state index contributed by atoms with van der Waals surface area (Å²) in [5.41, 5.74) is 0.507. The maximum atomic E-state index is 3.78. The van der Waals surface area contributed by atoms with Gasteiger partial charge in [-0.25, -0.2) is 0 Å². The Labute approximate surface area is 119 Å². The van der Waals surface area contributed by atoms with E-state index in [2.05, 4.69) is 32.3 Å². The second kappa shape index (κ2) is 8.47. The lowest BCUT2D eigenvalue weighted by Crippen LogP contribution is -2.29. The van der Waals surface area contributed by atoms with Crippen LogP contribution in [0.15, 0.2) is 0 Å². The van der Waals surface area contributed by atoms with Gasteiger partial charge in [0.15, 0.2) is 0 Å². The Bertz CT molecular complexity index is 210. The molecule has 1 saturated carbocycles. The Hall–Kier alpha value is 0.310. The van der Waals surface area contributed by atoms with Crippen molar-refractivity contribution >= 4 is 11.8 Å². The summed E-state index contributed by atoms with van der Waals surface area (Å²) in [7, 11) is 0. The Morgan fingerprint density at radius 2 is 1.83 bits per heavy atom. The van der Waals surface area contributed by atoms with E-state index in [1.807, 2.05) is 11.8 Å². The van der Waals surface area contributed by atoms with Crippen LogP contribution >= 0.6 is 11.8 Å². The van der Waals surface area contributed by atoms with Crippen molar-refractivity contribution < 1.29 is 0 Å². The van der Waals surface area contributed by atoms with Crippen molar-refractivity contribution in [1.82, 2.24) is 5.32 Å². The molecule has 0 saturated heterocycles. The van der Waals surface area contributed by atoms with E-state index >= 15 is 0 Å². The van der Waals surface area contributed by atoms with E-state index < -0.39 is 0 Å². The number of nitrogens with one attached hydrogen (secondary N) is 1. The maximum Gasteiger partial charge on any atom is 0.00671 e. The molecule has 2 atom stereocenters. The fraction of sp³-hybridized carbons (Fsp3) is 1.00. The van der Waals surface area contributed by atoms with Gasteiger partial charge in [-0.3, -0.25) is 0 Å². The first-order valence-corrected chi connectivity index (χ1v) is 9.15. The van der Waals surface area contributed by atoms with Gasteiger partial charge in [0.2, 0.25) is 0 Å². The molecule has 2 unspecified atom stereocenters. The summed E-state index contributed by atoms with van der Waals surface area (Å²) in [4.78, 5) is 0. The minimum atomic E-state index is 0.507. The fourth-order valence-electron chi connectivity index (χ4n) is 3.05. The fourth-order valence-corrected chi connectivity index (χ4v) is 3.54. The molecule has 0 aromatic rings. The maximum absolute atomic E-state index is 3.78. The van der Waals surface area contributed by atoms with Crippen molar-refractivity contribution in [3.63, 3.8) is 0 Å². The summed E-state index contributed by atoms with van der Waals surface area (Å²) < 4.78 is 0. The summed E-state index contributed by atoms with van der Waals surface area (Å²) in [5.74, 6) is 2.25. The summed E-state index contributed by atoms with van der Waals surface area (Å²) >= 11 is 1.97. The van der Waals surface area contributed by atoms with Gasteiger partial charge < -0.3 is 5.32 Å². The molecule has 1 nitrogen and oxygen atoms in total. The Morgan fingerprint density at radius 3 is 2.50 bits per heavy atom. The smallest absolute Gasteiger partial charge is 0.00671 e. The molecule has 108 valence electrons. The number of unbranched alkanes of at least 4 members (excludes halogenated alkanes) is 1. The van der Waals surface area contributed by atoms with Crippen LogP contribution in [0.5, 0.6) is 0 Å². The minimum Gasteiger partial charge on any atom is -0.314 e. The molecule has 0 aliphatic heterocycles. The molecule has 1 aliphatic carbocycles. The second-order valence-corrected chi connectivity index (χ2v) is 7.91. The third-order valence-electron chi connectivity index (χ3n) is 4.40. The summed E-state index contributed by atoms with van der Waals surface area (Å²) in [5, 5.41) is 3.78. The van der Waals surface area contributed by atoms with Crippen LogP contribution in [0.2, 0.25) is 0 Å². The highest BCUT2D eigenvalue weighted by Gasteiger charge is 2.27. The molecule has 1 aliphatic rings. The molecule has 1 fully saturated rings. The van der Waals surface area contributed by atoms with Crippen LogP contribution < -0.4 is 5.32 Å². The van der Waals surface area contributed by atoms with Crippen molar-refractivity contribution in [1.29, 1.82) is 0 Å². The third-order valence-corrected chi connectivity index (χ3v) is 5.10. The number of thioether (sulfide) groups is 1. The summed E-state index contributed by atoms with van der Waals surface area (Å²) in [6.45, 7) is 8.46. The predicted molar refractivity (Wildman–Crippen MR) is 85.4 cm³/mol. The van der Waals surface area contributed by atoms with E-state index in [0.717, 1.165) is 12.0 Å². The van der Waals surface area contributed by atoms with Crippen LogP contribution in [-0.4, -0.2) is 24.6 Å². The monoisotopic (exact) mass is 271 g/mol. The zero-order chi connectivity index (χ0) is 13.4. The van der Waals surface area contributed by atoms with E-state index in [4.69, 9.17) is 0 Å². The first-order chi connectivity index (χ1) is 8.54. The van der Waals surface area contributed by atoms with Crippen LogP contribution in [0.4, 0.5) is 0 Å². The zero-order valence-electron chi connectivity index (χ0n) is 12.9. The van der Waals surface area contributed by atoms with Crippen molar-refractivity contribution in [2.75, 3.05) is 18.6 Å². The summed E-state index contributed by atoms with van der Waals surface area (Å²) in [6, 6.07) is 0.798. The lowest BCUT2D eigenvalue weighted by Gasteiger charge is -2.29. The highest BCUT2D eigenvalue weighted by molar-refractivity contribution is 7.98. The topological polar surface area (TPSA) is 12.0 Å². The van der Waals surface area contributed by atoms with Crippen molar-refractivity contribution in [2.24, 2.45) is 11.3 Å². The van der Waals surface area contributed by atoms with E-state index in [0.29, 0.717) is 5.41 Å². The molecule has 0 heterocycles. The highest BCUT2D eigenvalue weighted by Crippen LogP contribution is 2.36. The molecule has 0 aromatic heterocycles. The van der Waals surface area contributed by atoms with Crippen molar-refractivity contribution in [3.05, 3.63) is 0 Å². The molecule has 0 radical (unpaired) electrons. The molecular formula is C16H33NS. The van der Waals surface area contributed by atoms with E-state index in [9.17, 15) is 0 Å². The largest absolute Gasteiger partial charge is 0.314 e. The molecule has 0 amide bonds. The molecule has 1 N–H and O–H groups in total. The Morgan fingerprint density at radius 1 is 1.06 bits per heavy atom. The van der Waals surface area contributed by atoms with Crippen molar-refractivity contribution in [3.8, 4) is 0 Å². The standard InChI is InChI=1S/C16H33NS/c1-16(2,3)14-8-7-9-15(11-10-14)17-12-5-6-13-18-4/h14-15,17H,5-13H2,1-4H3. The molecule has 18 heavy (non-hydrogen) atoms. The number of rotatable bonds is 6. The number of hydrogen-bond acceptors (Lipinski definition) is 2. The third kappa shape index (κ3) is 6.47. The first kappa shape index (κ1) is 16.4. The van der Waals surface area contributed by atoms with E-state index in [1.54, 1.807) is 0 Å². The van der Waals surface area contributed by atoms with Gasteiger partial charge in [-0.1, -0.05) is 27.2 Å². The lowest BCUT2D eigenvalue weighted by molar-refractivity contribution is 0.213.